The van der Waals surface area contributed by atoms with Gasteiger partial charge in [0.1, 0.15) is 11.4 Å². The van der Waals surface area contributed by atoms with Gasteiger partial charge in [-0.2, -0.15) is 0 Å². The van der Waals surface area contributed by atoms with Crippen LogP contribution in [0.1, 0.15) is 25.2 Å². The number of nitrogens with zero attached hydrogens (tertiary/aromatic N) is 2. The van der Waals surface area contributed by atoms with Gasteiger partial charge in [-0.3, -0.25) is 0 Å². The summed E-state index contributed by atoms with van der Waals surface area (Å²) in [4.78, 5) is 8.13. The average molecular weight is 308 g/mol. The molecule has 0 radical (unpaired) electrons. The molecular weight excluding hydrogens is 296 g/mol. The van der Waals surface area contributed by atoms with Gasteiger partial charge in [0.05, 0.1) is 11.0 Å². The molecule has 0 saturated carbocycles. The van der Waals surface area contributed by atoms with Crippen LogP contribution in [-0.4, -0.2) is 9.97 Å². The average Bonchev–Trinajstić information content (AvgIpc) is 2.54. The second-order valence-electron chi connectivity index (χ2n) is 6.04. The number of hydrogen-bond donors (Lipinski definition) is 0. The summed E-state index contributed by atoms with van der Waals surface area (Å²) in [6, 6.07) is 6.48. The summed E-state index contributed by atoms with van der Waals surface area (Å²) < 4.78 is 59.2. The molecular formula is C16H12F4N2. The molecule has 2 aromatic rings. The molecule has 2 nitrogen and oxygen atoms in total. The lowest BCUT2D eigenvalue weighted by molar-refractivity contribution is -0.0696. The van der Waals surface area contributed by atoms with E-state index in [1.807, 2.05) is 0 Å². The molecule has 4 atom stereocenters. The predicted octanol–water partition coefficient (Wildman–Crippen LogP) is 4.41. The number of hydrogen-bond acceptors (Lipinski definition) is 2. The Bertz CT molecular complexity index is 781. The van der Waals surface area contributed by atoms with Crippen LogP contribution < -0.4 is 0 Å². The zero-order valence-corrected chi connectivity index (χ0v) is 11.9. The summed E-state index contributed by atoms with van der Waals surface area (Å²) in [6.07, 6.45) is 0. The Morgan fingerprint density at radius 1 is 0.818 bits per heavy atom. The summed E-state index contributed by atoms with van der Waals surface area (Å²) in [5.74, 6) is -5.59. The van der Waals surface area contributed by atoms with E-state index in [-0.39, 0.29) is 0 Å². The maximum Gasteiger partial charge on any atom is 0.211 e. The number of benzene rings is 1. The Morgan fingerprint density at radius 3 is 1.55 bits per heavy atom. The minimum Gasteiger partial charge on any atom is -0.245 e. The van der Waals surface area contributed by atoms with Gasteiger partial charge in [0, 0.05) is 11.8 Å². The van der Waals surface area contributed by atoms with Crippen LogP contribution in [0.3, 0.4) is 0 Å². The van der Waals surface area contributed by atoms with Crippen molar-refractivity contribution < 1.29 is 17.6 Å². The van der Waals surface area contributed by atoms with Gasteiger partial charge >= 0.3 is 0 Å². The first-order chi connectivity index (χ1) is 10.3. The van der Waals surface area contributed by atoms with Gasteiger partial charge in [0.2, 0.25) is 11.3 Å². The Kier molecular flexibility index (Phi) is 2.40. The molecule has 5 rings (SSSR count). The van der Waals surface area contributed by atoms with Crippen molar-refractivity contribution in [2.75, 3.05) is 0 Å². The smallest absolute Gasteiger partial charge is 0.211 e. The van der Waals surface area contributed by atoms with Gasteiger partial charge in [0.25, 0.3) is 0 Å². The molecule has 1 heterocycles. The minimum absolute atomic E-state index is 0.322. The van der Waals surface area contributed by atoms with Gasteiger partial charge in [-0.1, -0.05) is 26.0 Å². The molecule has 0 spiro atoms. The van der Waals surface area contributed by atoms with Crippen LogP contribution in [0.5, 0.6) is 0 Å². The molecule has 1 aromatic carbocycles. The van der Waals surface area contributed by atoms with Crippen molar-refractivity contribution in [2.24, 2.45) is 11.8 Å². The Hall–Kier alpha value is -1.98. The van der Waals surface area contributed by atoms with Gasteiger partial charge in [-0.25, -0.2) is 27.5 Å². The Labute approximate surface area is 123 Å². The van der Waals surface area contributed by atoms with E-state index in [0.29, 0.717) is 11.0 Å². The van der Waals surface area contributed by atoms with Crippen LogP contribution in [-0.2, 0) is 11.3 Å². The maximum atomic E-state index is 15.4. The fourth-order valence-corrected chi connectivity index (χ4v) is 3.55. The summed E-state index contributed by atoms with van der Waals surface area (Å²) in [6.45, 7) is 2.73. The second kappa shape index (κ2) is 3.86. The van der Waals surface area contributed by atoms with Gasteiger partial charge < -0.3 is 0 Å². The van der Waals surface area contributed by atoms with Crippen LogP contribution >= 0.6 is 0 Å². The van der Waals surface area contributed by atoms with Gasteiger partial charge in [-0.05, 0) is 12.1 Å². The normalized spacial score (nSPS) is 36.8. The van der Waals surface area contributed by atoms with Crippen molar-refractivity contribution in [1.82, 2.24) is 9.97 Å². The number of alkyl halides is 2. The maximum absolute atomic E-state index is 15.4. The number of rotatable bonds is 0. The quantitative estimate of drug-likeness (QED) is 0.674. The monoisotopic (exact) mass is 308 g/mol. The van der Waals surface area contributed by atoms with E-state index in [0.717, 1.165) is 0 Å². The van der Waals surface area contributed by atoms with Gasteiger partial charge in [-0.15, -0.1) is 0 Å². The highest BCUT2D eigenvalue weighted by atomic mass is 19.2. The predicted molar refractivity (Wildman–Crippen MR) is 72.7 cm³/mol. The van der Waals surface area contributed by atoms with E-state index >= 15 is 8.78 Å². The standard InChI is InChI=1S/C16H12F4N2/c1-7-8(2)16(20)12(18)11(17)15(7,19)13-14(16)22-10-6-4-3-5-9(10)21-13/h3-8H,1-2H3/t7-,8+,15-,16+. The molecule has 1 aromatic heterocycles. The highest BCUT2D eigenvalue weighted by Crippen LogP contribution is 2.65. The molecule has 0 N–H and O–H groups in total. The largest absolute Gasteiger partial charge is 0.245 e. The van der Waals surface area contributed by atoms with E-state index in [1.165, 1.54) is 13.8 Å². The van der Waals surface area contributed by atoms with Crippen molar-refractivity contribution in [3.05, 3.63) is 47.3 Å². The number of para-hydroxylation sites is 2. The highest BCUT2D eigenvalue weighted by Gasteiger charge is 2.69. The highest BCUT2D eigenvalue weighted by molar-refractivity contribution is 5.75. The fourth-order valence-electron chi connectivity index (χ4n) is 3.55. The number of halogens is 4. The molecule has 22 heavy (non-hydrogen) atoms. The zero-order valence-electron chi connectivity index (χ0n) is 11.9. The van der Waals surface area contributed by atoms with E-state index in [4.69, 9.17) is 0 Å². The number of allylic oxidation sites excluding steroid dienone is 2. The Morgan fingerprint density at radius 2 is 1.18 bits per heavy atom. The third-order valence-corrected chi connectivity index (χ3v) is 5.10. The van der Waals surface area contributed by atoms with Crippen LogP contribution in [0.4, 0.5) is 17.6 Å². The Balaban J connectivity index is 2.17. The first kappa shape index (κ1) is 13.7. The molecule has 0 aliphatic heterocycles. The molecule has 3 aliphatic rings. The van der Waals surface area contributed by atoms with Crippen molar-refractivity contribution in [1.29, 1.82) is 0 Å². The van der Waals surface area contributed by atoms with Gasteiger partial charge in [0.15, 0.2) is 11.7 Å². The van der Waals surface area contributed by atoms with Crippen LogP contribution in [0, 0.1) is 11.8 Å². The summed E-state index contributed by atoms with van der Waals surface area (Å²) in [5, 5.41) is 0. The van der Waals surface area contributed by atoms with Crippen molar-refractivity contribution >= 4 is 11.0 Å². The molecule has 3 aliphatic carbocycles. The second-order valence-corrected chi connectivity index (χ2v) is 6.04. The van der Waals surface area contributed by atoms with E-state index in [1.54, 1.807) is 24.3 Å². The molecule has 6 heteroatoms. The fraction of sp³-hybridized carbons (Fsp3) is 0.375. The third kappa shape index (κ3) is 1.23. The first-order valence-corrected chi connectivity index (χ1v) is 7.04. The van der Waals surface area contributed by atoms with E-state index in [2.05, 4.69) is 9.97 Å². The van der Waals surface area contributed by atoms with Crippen LogP contribution in [0.2, 0.25) is 0 Å². The third-order valence-electron chi connectivity index (χ3n) is 5.10. The molecule has 0 unspecified atom stereocenters. The molecule has 2 bridgehead atoms. The SMILES string of the molecule is C[C@@H]1[C@H](C)[C@]2(F)C(F)=C(F)[C@@]1(F)c1nc3ccccc3nc12. The minimum atomic E-state index is -2.77. The zero-order chi connectivity index (χ0) is 15.9. The first-order valence-electron chi connectivity index (χ1n) is 7.04. The van der Waals surface area contributed by atoms with Crippen LogP contribution in [0.25, 0.3) is 11.0 Å². The lowest BCUT2D eigenvalue weighted by Gasteiger charge is -2.50. The molecule has 0 saturated heterocycles. The lowest BCUT2D eigenvalue weighted by Crippen LogP contribution is -2.55. The summed E-state index contributed by atoms with van der Waals surface area (Å²) in [7, 11) is 0. The number of fused-ring (bicyclic) bond motifs is 2. The van der Waals surface area contributed by atoms with Crippen molar-refractivity contribution in [2.45, 2.75) is 25.2 Å². The summed E-state index contributed by atoms with van der Waals surface area (Å²) in [5.41, 5.74) is -5.80. The van der Waals surface area contributed by atoms with E-state index < -0.39 is 46.2 Å². The lowest BCUT2D eigenvalue weighted by atomic mass is 9.59. The van der Waals surface area contributed by atoms with Crippen molar-refractivity contribution in [3.8, 4) is 0 Å². The molecule has 114 valence electrons. The van der Waals surface area contributed by atoms with E-state index in [9.17, 15) is 8.78 Å². The number of aromatic nitrogens is 2. The topological polar surface area (TPSA) is 25.8 Å². The molecule has 0 amide bonds. The summed E-state index contributed by atoms with van der Waals surface area (Å²) >= 11 is 0. The molecule has 0 fully saturated rings. The van der Waals surface area contributed by atoms with Crippen molar-refractivity contribution in [3.63, 3.8) is 0 Å². The van der Waals surface area contributed by atoms with Crippen LogP contribution in [0.15, 0.2) is 35.9 Å².